The Kier molecular flexibility index (Phi) is 5.24. The van der Waals surface area contributed by atoms with Crippen LogP contribution in [0.15, 0.2) is 0 Å². The summed E-state index contributed by atoms with van der Waals surface area (Å²) >= 11 is 0. The molecule has 0 aromatic heterocycles. The van der Waals surface area contributed by atoms with Crippen molar-refractivity contribution in [3.05, 3.63) is 0 Å². The monoisotopic (exact) mass is 178 g/mol. The van der Waals surface area contributed by atoms with Crippen LogP contribution in [0, 0.1) is 0 Å². The normalized spacial score (nSPS) is 12.5. The maximum absolute atomic E-state index is 9.21. The van der Waals surface area contributed by atoms with Crippen molar-refractivity contribution >= 4 is 8.38 Å². The van der Waals surface area contributed by atoms with Gasteiger partial charge in [0.1, 0.15) is 0 Å². The van der Waals surface area contributed by atoms with Gasteiger partial charge in [-0.2, -0.15) is 0 Å². The molecule has 0 aromatic rings. The summed E-state index contributed by atoms with van der Waals surface area (Å²) in [5, 5.41) is -0.190. The van der Waals surface area contributed by atoms with Crippen molar-refractivity contribution in [2.24, 2.45) is 0 Å². The standard InChI is InChI=1S/C8H19O2P/c1-4-7-8(5-2,6-3)11(9)10/h9-10H,4-7H2,1-3H3. The highest BCUT2D eigenvalue weighted by Crippen LogP contribution is 2.49. The first-order valence-electron chi connectivity index (χ1n) is 4.31. The van der Waals surface area contributed by atoms with Crippen molar-refractivity contribution in [2.75, 3.05) is 0 Å². The molecule has 0 spiro atoms. The molecule has 0 heterocycles. The Morgan fingerprint density at radius 1 is 1.09 bits per heavy atom. The van der Waals surface area contributed by atoms with Crippen molar-refractivity contribution in [3.63, 3.8) is 0 Å². The minimum Gasteiger partial charge on any atom is -0.350 e. The van der Waals surface area contributed by atoms with Crippen LogP contribution in [-0.4, -0.2) is 14.9 Å². The molecule has 0 unspecified atom stereocenters. The lowest BCUT2D eigenvalue weighted by Crippen LogP contribution is -2.24. The van der Waals surface area contributed by atoms with E-state index in [0.29, 0.717) is 0 Å². The van der Waals surface area contributed by atoms with Crippen LogP contribution in [-0.2, 0) is 0 Å². The number of hydrogen-bond acceptors (Lipinski definition) is 2. The van der Waals surface area contributed by atoms with E-state index in [9.17, 15) is 9.79 Å². The predicted molar refractivity (Wildman–Crippen MR) is 49.6 cm³/mol. The lowest BCUT2D eigenvalue weighted by Gasteiger charge is -2.31. The molecule has 2 N–H and O–H groups in total. The van der Waals surface area contributed by atoms with E-state index in [1.54, 1.807) is 0 Å². The fourth-order valence-electron chi connectivity index (χ4n) is 1.45. The predicted octanol–water partition coefficient (Wildman–Crippen LogP) is 2.64. The van der Waals surface area contributed by atoms with Crippen molar-refractivity contribution in [3.8, 4) is 0 Å². The first kappa shape index (κ1) is 11.4. The molecule has 0 aliphatic carbocycles. The quantitative estimate of drug-likeness (QED) is 0.635. The van der Waals surface area contributed by atoms with E-state index < -0.39 is 8.38 Å². The van der Waals surface area contributed by atoms with Crippen LogP contribution in [0.4, 0.5) is 0 Å². The molecule has 2 nitrogen and oxygen atoms in total. The zero-order valence-corrected chi connectivity index (χ0v) is 8.56. The Morgan fingerprint density at radius 3 is 1.64 bits per heavy atom. The van der Waals surface area contributed by atoms with Crippen LogP contribution in [0.25, 0.3) is 0 Å². The summed E-state index contributed by atoms with van der Waals surface area (Å²) in [7, 11) is -1.75. The first-order valence-corrected chi connectivity index (χ1v) is 5.55. The first-order chi connectivity index (χ1) is 5.13. The molecule has 0 saturated heterocycles. The van der Waals surface area contributed by atoms with Gasteiger partial charge in [-0.3, -0.25) is 0 Å². The Balaban J connectivity index is 4.20. The van der Waals surface area contributed by atoms with Gasteiger partial charge >= 0.3 is 0 Å². The van der Waals surface area contributed by atoms with Crippen molar-refractivity contribution in [1.29, 1.82) is 0 Å². The van der Waals surface area contributed by atoms with Crippen LogP contribution in [0.1, 0.15) is 46.5 Å². The molecule has 0 rings (SSSR count). The summed E-state index contributed by atoms with van der Waals surface area (Å²) in [4.78, 5) is 18.4. The van der Waals surface area contributed by atoms with E-state index in [0.717, 1.165) is 25.7 Å². The topological polar surface area (TPSA) is 40.5 Å². The summed E-state index contributed by atoms with van der Waals surface area (Å²) in [6.45, 7) is 6.14. The molecule has 0 radical (unpaired) electrons. The maximum atomic E-state index is 9.21. The smallest absolute Gasteiger partial charge is 0.171 e. The van der Waals surface area contributed by atoms with Crippen LogP contribution in [0.5, 0.6) is 0 Å². The summed E-state index contributed by atoms with van der Waals surface area (Å²) in [6.07, 6.45) is 3.70. The summed E-state index contributed by atoms with van der Waals surface area (Å²) in [5.41, 5.74) is 0. The maximum Gasteiger partial charge on any atom is 0.171 e. The molecule has 0 aliphatic rings. The Bertz CT molecular complexity index is 100. The highest BCUT2D eigenvalue weighted by Gasteiger charge is 2.33. The second-order valence-electron chi connectivity index (χ2n) is 2.97. The van der Waals surface area contributed by atoms with Gasteiger partial charge in [-0.05, 0) is 19.3 Å². The third-order valence-corrected chi connectivity index (χ3v) is 4.16. The third-order valence-electron chi connectivity index (χ3n) is 2.46. The molecule has 3 heteroatoms. The van der Waals surface area contributed by atoms with Crippen molar-refractivity contribution in [2.45, 2.75) is 51.6 Å². The van der Waals surface area contributed by atoms with Gasteiger partial charge in [-0.15, -0.1) is 0 Å². The van der Waals surface area contributed by atoms with Crippen molar-refractivity contribution < 1.29 is 9.79 Å². The molecule has 11 heavy (non-hydrogen) atoms. The molecule has 0 amide bonds. The molecule has 68 valence electrons. The number of hydrogen-bond donors (Lipinski definition) is 2. The number of rotatable bonds is 5. The van der Waals surface area contributed by atoms with Gasteiger partial charge in [-0.1, -0.05) is 27.2 Å². The van der Waals surface area contributed by atoms with Gasteiger partial charge in [0.05, 0.1) is 0 Å². The van der Waals surface area contributed by atoms with E-state index in [2.05, 4.69) is 6.92 Å². The van der Waals surface area contributed by atoms with E-state index in [4.69, 9.17) is 0 Å². The molecule has 0 aromatic carbocycles. The molecular weight excluding hydrogens is 159 g/mol. The van der Waals surface area contributed by atoms with Gasteiger partial charge in [0, 0.05) is 5.16 Å². The summed E-state index contributed by atoms with van der Waals surface area (Å²) in [5.74, 6) is 0. The fourth-order valence-corrected chi connectivity index (χ4v) is 2.44. The average Bonchev–Trinajstić information content (AvgIpc) is 2.00. The Hall–Kier alpha value is 0.350. The zero-order chi connectivity index (χ0) is 8.91. The molecule has 0 atom stereocenters. The Morgan fingerprint density at radius 2 is 1.55 bits per heavy atom. The molecule has 0 bridgehead atoms. The lowest BCUT2D eigenvalue weighted by molar-refractivity contribution is 0.379. The average molecular weight is 178 g/mol. The van der Waals surface area contributed by atoms with E-state index in [-0.39, 0.29) is 5.16 Å². The summed E-state index contributed by atoms with van der Waals surface area (Å²) in [6, 6.07) is 0. The minimum atomic E-state index is -1.75. The second-order valence-corrected chi connectivity index (χ2v) is 4.50. The minimum absolute atomic E-state index is 0.190. The lowest BCUT2D eigenvalue weighted by atomic mass is 9.97. The Labute approximate surface area is 70.6 Å². The van der Waals surface area contributed by atoms with Crippen LogP contribution in [0.2, 0.25) is 0 Å². The van der Waals surface area contributed by atoms with Gasteiger partial charge in [0.2, 0.25) is 0 Å². The van der Waals surface area contributed by atoms with Crippen LogP contribution in [0.3, 0.4) is 0 Å². The van der Waals surface area contributed by atoms with Crippen LogP contribution < -0.4 is 0 Å². The van der Waals surface area contributed by atoms with E-state index >= 15 is 0 Å². The second kappa shape index (κ2) is 5.08. The van der Waals surface area contributed by atoms with Gasteiger partial charge in [0.25, 0.3) is 0 Å². The fraction of sp³-hybridized carbons (Fsp3) is 1.00. The largest absolute Gasteiger partial charge is 0.350 e. The SMILES string of the molecule is CCCC(CC)(CC)P(O)O. The molecule has 0 fully saturated rings. The highest BCUT2D eigenvalue weighted by atomic mass is 31.2. The van der Waals surface area contributed by atoms with E-state index in [1.807, 2.05) is 13.8 Å². The van der Waals surface area contributed by atoms with Gasteiger partial charge < -0.3 is 9.79 Å². The molecule has 0 aliphatic heterocycles. The van der Waals surface area contributed by atoms with Crippen molar-refractivity contribution in [1.82, 2.24) is 0 Å². The van der Waals surface area contributed by atoms with Crippen LogP contribution >= 0.6 is 8.38 Å². The van der Waals surface area contributed by atoms with Gasteiger partial charge in [0.15, 0.2) is 8.38 Å². The highest BCUT2D eigenvalue weighted by molar-refractivity contribution is 7.47. The third kappa shape index (κ3) is 2.70. The summed E-state index contributed by atoms with van der Waals surface area (Å²) < 4.78 is 0. The molecule has 0 saturated carbocycles. The molecular formula is C8H19O2P. The van der Waals surface area contributed by atoms with E-state index in [1.165, 1.54) is 0 Å². The van der Waals surface area contributed by atoms with Gasteiger partial charge in [-0.25, -0.2) is 0 Å². The zero-order valence-electron chi connectivity index (χ0n) is 7.67.